The zero-order chi connectivity index (χ0) is 21.8. The highest BCUT2D eigenvalue weighted by molar-refractivity contribution is 5.94. The molecule has 0 N–H and O–H groups in total. The van der Waals surface area contributed by atoms with Crippen LogP contribution in [0.5, 0.6) is 0 Å². The predicted molar refractivity (Wildman–Crippen MR) is 119 cm³/mol. The highest BCUT2D eigenvalue weighted by Crippen LogP contribution is 2.21. The number of nitro benzene ring substituents is 1. The van der Waals surface area contributed by atoms with Crippen LogP contribution in [0.4, 0.5) is 11.4 Å². The molecule has 0 unspecified atom stereocenters. The van der Waals surface area contributed by atoms with Crippen molar-refractivity contribution in [3.8, 4) is 0 Å². The molecule has 1 heterocycles. The van der Waals surface area contributed by atoms with Crippen LogP contribution < -0.4 is 10.5 Å². The average molecular weight is 413 g/mol. The summed E-state index contributed by atoms with van der Waals surface area (Å²) in [6.07, 6.45) is 0. The van der Waals surface area contributed by atoms with E-state index in [1.165, 1.54) is 34.9 Å². The van der Waals surface area contributed by atoms with Crippen LogP contribution in [-0.4, -0.2) is 15.4 Å². The van der Waals surface area contributed by atoms with Gasteiger partial charge in [-0.05, 0) is 29.8 Å². The van der Waals surface area contributed by atoms with E-state index >= 15 is 0 Å². The molecule has 7 nitrogen and oxygen atoms in total. The summed E-state index contributed by atoms with van der Waals surface area (Å²) in [6.45, 7) is 0.171. The van der Waals surface area contributed by atoms with Gasteiger partial charge in [-0.25, -0.2) is 0 Å². The van der Waals surface area contributed by atoms with Crippen LogP contribution in [0.2, 0.25) is 0 Å². The molecule has 0 fully saturated rings. The highest BCUT2D eigenvalue weighted by atomic mass is 16.6. The predicted octanol–water partition coefficient (Wildman–Crippen LogP) is 4.14. The van der Waals surface area contributed by atoms with Crippen molar-refractivity contribution < 1.29 is 9.72 Å². The van der Waals surface area contributed by atoms with Gasteiger partial charge >= 0.3 is 0 Å². The van der Waals surface area contributed by atoms with Gasteiger partial charge in [-0.2, -0.15) is 0 Å². The lowest BCUT2D eigenvalue weighted by Gasteiger charge is -2.24. The van der Waals surface area contributed by atoms with Gasteiger partial charge in [0.2, 0.25) is 5.91 Å². The second-order valence-corrected chi connectivity index (χ2v) is 7.06. The lowest BCUT2D eigenvalue weighted by molar-refractivity contribution is -0.384. The van der Waals surface area contributed by atoms with E-state index in [1.807, 2.05) is 60.7 Å². The summed E-state index contributed by atoms with van der Waals surface area (Å²) in [4.78, 5) is 38.1. The maximum absolute atomic E-state index is 13.3. The molecule has 3 aromatic carbocycles. The van der Waals surface area contributed by atoms with Crippen LogP contribution in [0.1, 0.15) is 5.56 Å². The Balaban J connectivity index is 1.71. The van der Waals surface area contributed by atoms with Gasteiger partial charge in [0.1, 0.15) is 6.54 Å². The molecule has 0 aliphatic heterocycles. The summed E-state index contributed by atoms with van der Waals surface area (Å²) in [7, 11) is 0. The Morgan fingerprint density at radius 2 is 1.58 bits per heavy atom. The number of anilines is 1. The number of nitro groups is 1. The van der Waals surface area contributed by atoms with Gasteiger partial charge in [-0.15, -0.1) is 0 Å². The first-order valence-corrected chi connectivity index (χ1v) is 9.70. The summed E-state index contributed by atoms with van der Waals surface area (Å²) in [5.41, 5.74) is 1.74. The van der Waals surface area contributed by atoms with Gasteiger partial charge < -0.3 is 4.90 Å². The fourth-order valence-corrected chi connectivity index (χ4v) is 3.49. The molecular weight excluding hydrogens is 394 g/mol. The molecule has 1 aromatic heterocycles. The topological polar surface area (TPSA) is 85.4 Å². The molecule has 4 aromatic rings. The number of carbonyl (C=O) groups excluding carboxylic acids is 1. The number of pyridine rings is 1. The normalized spacial score (nSPS) is 10.7. The van der Waals surface area contributed by atoms with Crippen molar-refractivity contribution in [2.24, 2.45) is 0 Å². The lowest BCUT2D eigenvalue weighted by atomic mass is 10.1. The maximum atomic E-state index is 13.3. The third-order valence-corrected chi connectivity index (χ3v) is 5.03. The molecule has 0 aliphatic carbocycles. The van der Waals surface area contributed by atoms with Crippen molar-refractivity contribution in [2.75, 3.05) is 4.90 Å². The van der Waals surface area contributed by atoms with Crippen LogP contribution in [-0.2, 0) is 17.9 Å². The van der Waals surface area contributed by atoms with E-state index in [0.717, 1.165) is 11.3 Å². The summed E-state index contributed by atoms with van der Waals surface area (Å²) in [5.74, 6) is -0.261. The number of rotatable bonds is 6. The molecule has 0 bridgehead atoms. The molecule has 0 spiro atoms. The Labute approximate surface area is 177 Å². The second-order valence-electron chi connectivity index (χ2n) is 7.06. The molecule has 1 amide bonds. The standard InChI is InChI=1S/C24H19N3O4/c28-23-14-11-19-15-21(27(30)31)12-13-22(19)26(23)17-24(29)25(20-9-5-2-6-10-20)16-18-7-3-1-4-8-18/h1-15H,16-17H2. The van der Waals surface area contributed by atoms with Crippen LogP contribution in [0.15, 0.2) is 95.8 Å². The molecule has 0 aliphatic rings. The summed E-state index contributed by atoms with van der Waals surface area (Å²) < 4.78 is 1.35. The summed E-state index contributed by atoms with van der Waals surface area (Å²) in [5, 5.41) is 11.6. The average Bonchev–Trinajstić information content (AvgIpc) is 2.80. The Bertz CT molecular complexity index is 1300. The van der Waals surface area contributed by atoms with E-state index in [1.54, 1.807) is 4.90 Å². The summed E-state index contributed by atoms with van der Waals surface area (Å²) >= 11 is 0. The van der Waals surface area contributed by atoms with Gasteiger partial charge in [0.05, 0.1) is 17.0 Å². The third-order valence-electron chi connectivity index (χ3n) is 5.03. The number of nitrogens with zero attached hydrogens (tertiary/aromatic N) is 3. The number of fused-ring (bicyclic) bond motifs is 1. The molecule has 4 rings (SSSR count). The maximum Gasteiger partial charge on any atom is 0.270 e. The fourth-order valence-electron chi connectivity index (χ4n) is 3.49. The van der Waals surface area contributed by atoms with E-state index in [0.29, 0.717) is 17.4 Å². The number of hydrogen-bond donors (Lipinski definition) is 0. The number of para-hydroxylation sites is 1. The lowest BCUT2D eigenvalue weighted by Crippen LogP contribution is -2.36. The first-order valence-electron chi connectivity index (χ1n) is 9.70. The van der Waals surface area contributed by atoms with E-state index in [4.69, 9.17) is 0 Å². The van der Waals surface area contributed by atoms with Crippen LogP contribution >= 0.6 is 0 Å². The Kier molecular flexibility index (Phi) is 5.57. The highest BCUT2D eigenvalue weighted by Gasteiger charge is 2.19. The minimum atomic E-state index is -0.489. The number of amides is 1. The van der Waals surface area contributed by atoms with Crippen LogP contribution in [0.3, 0.4) is 0 Å². The molecule has 154 valence electrons. The zero-order valence-corrected chi connectivity index (χ0v) is 16.5. The molecular formula is C24H19N3O4. The number of carbonyl (C=O) groups is 1. The third kappa shape index (κ3) is 4.35. The summed E-state index contributed by atoms with van der Waals surface area (Å²) in [6, 6.07) is 26.0. The number of aromatic nitrogens is 1. The van der Waals surface area contributed by atoms with E-state index < -0.39 is 4.92 Å². The first-order chi connectivity index (χ1) is 15.0. The quantitative estimate of drug-likeness (QED) is 0.351. The largest absolute Gasteiger partial charge is 0.306 e. The van der Waals surface area contributed by atoms with E-state index in [9.17, 15) is 19.7 Å². The molecule has 31 heavy (non-hydrogen) atoms. The van der Waals surface area contributed by atoms with Gasteiger partial charge in [0.15, 0.2) is 0 Å². The molecule has 0 radical (unpaired) electrons. The Morgan fingerprint density at radius 1 is 0.903 bits per heavy atom. The van der Waals surface area contributed by atoms with Crippen molar-refractivity contribution in [3.05, 3.63) is 117 Å². The van der Waals surface area contributed by atoms with Gasteiger partial charge in [0.25, 0.3) is 11.2 Å². The first kappa shape index (κ1) is 20.0. The van der Waals surface area contributed by atoms with Gasteiger partial charge in [-0.1, -0.05) is 48.5 Å². The number of benzene rings is 3. The minimum Gasteiger partial charge on any atom is -0.306 e. The smallest absolute Gasteiger partial charge is 0.270 e. The minimum absolute atomic E-state index is 0.0704. The van der Waals surface area contributed by atoms with Crippen LogP contribution in [0.25, 0.3) is 10.9 Å². The molecule has 0 saturated carbocycles. The van der Waals surface area contributed by atoms with Gasteiger partial charge in [0, 0.05) is 29.3 Å². The monoisotopic (exact) mass is 413 g/mol. The van der Waals surface area contributed by atoms with Gasteiger partial charge in [-0.3, -0.25) is 24.3 Å². The van der Waals surface area contributed by atoms with Crippen LogP contribution in [0, 0.1) is 10.1 Å². The van der Waals surface area contributed by atoms with Crippen molar-refractivity contribution in [1.29, 1.82) is 0 Å². The fraction of sp³-hybridized carbons (Fsp3) is 0.0833. The number of hydrogen-bond acceptors (Lipinski definition) is 4. The molecule has 7 heteroatoms. The zero-order valence-electron chi connectivity index (χ0n) is 16.5. The number of non-ortho nitro benzene ring substituents is 1. The Hall–Kier alpha value is -4.26. The van der Waals surface area contributed by atoms with Crippen molar-refractivity contribution in [1.82, 2.24) is 4.57 Å². The van der Waals surface area contributed by atoms with Crippen molar-refractivity contribution in [2.45, 2.75) is 13.1 Å². The Morgan fingerprint density at radius 3 is 2.26 bits per heavy atom. The second kappa shape index (κ2) is 8.62. The SMILES string of the molecule is O=C(Cn1c(=O)ccc2cc([N+](=O)[O-])ccc21)N(Cc1ccccc1)c1ccccc1. The molecule has 0 atom stereocenters. The van der Waals surface area contributed by atoms with Crippen molar-refractivity contribution >= 4 is 28.2 Å². The van der Waals surface area contributed by atoms with E-state index in [2.05, 4.69) is 0 Å². The molecule has 0 saturated heterocycles. The van der Waals surface area contributed by atoms with Crippen molar-refractivity contribution in [3.63, 3.8) is 0 Å². The van der Waals surface area contributed by atoms with E-state index in [-0.39, 0.29) is 23.7 Å².